The van der Waals surface area contributed by atoms with Gasteiger partial charge in [-0.3, -0.25) is 10.6 Å². The van der Waals surface area contributed by atoms with Crippen LogP contribution in [0.3, 0.4) is 0 Å². The van der Waals surface area contributed by atoms with Gasteiger partial charge < -0.3 is 10.0 Å². The number of hydrogen-bond donors (Lipinski definition) is 2. The molecule has 0 amide bonds. The summed E-state index contributed by atoms with van der Waals surface area (Å²) in [5.41, 5.74) is 0. The number of carboxylic acid groups (broad SMARTS) is 1. The third-order valence-corrected chi connectivity index (χ3v) is 3.77. The number of hydrogen-bond acceptors (Lipinski definition) is 4. The van der Waals surface area contributed by atoms with Gasteiger partial charge in [0.25, 0.3) is 0 Å². The van der Waals surface area contributed by atoms with Crippen LogP contribution in [0.4, 0.5) is 0 Å². The van der Waals surface area contributed by atoms with Crippen LogP contribution in [0.25, 0.3) is 0 Å². The second-order valence-electron chi connectivity index (χ2n) is 5.06. The van der Waals surface area contributed by atoms with Gasteiger partial charge in [0.2, 0.25) is 0 Å². The van der Waals surface area contributed by atoms with Gasteiger partial charge in [0, 0.05) is 19.6 Å². The molecule has 0 saturated carbocycles. The Labute approximate surface area is 96.2 Å². The molecule has 2 fully saturated rings. The molecule has 3 N–H and O–H groups in total. The van der Waals surface area contributed by atoms with Crippen LogP contribution in [0.2, 0.25) is 0 Å². The first-order chi connectivity index (χ1) is 7.65. The number of rotatable bonds is 3. The predicted octanol–water partition coefficient (Wildman–Crippen LogP) is -0.0214. The summed E-state index contributed by atoms with van der Waals surface area (Å²) in [6.45, 7) is 4.92. The average molecular weight is 227 g/mol. The van der Waals surface area contributed by atoms with E-state index in [0.29, 0.717) is 5.92 Å². The quantitative estimate of drug-likeness (QED) is 0.663. The van der Waals surface area contributed by atoms with E-state index in [-0.39, 0.29) is 5.92 Å². The van der Waals surface area contributed by atoms with Gasteiger partial charge in [-0.05, 0) is 38.3 Å². The molecule has 2 aliphatic rings. The molecule has 0 bridgehead atoms. The van der Waals surface area contributed by atoms with Crippen LogP contribution in [0.5, 0.6) is 0 Å². The third kappa shape index (κ3) is 2.93. The minimum absolute atomic E-state index is 0.120. The smallest absolute Gasteiger partial charge is 0.306 e. The molecule has 1 atom stereocenters. The van der Waals surface area contributed by atoms with Gasteiger partial charge in [-0.1, -0.05) is 0 Å². The molecule has 2 rings (SSSR count). The Morgan fingerprint density at radius 3 is 2.44 bits per heavy atom. The first kappa shape index (κ1) is 11.8. The lowest BCUT2D eigenvalue weighted by atomic mass is 9.96. The predicted molar refractivity (Wildman–Crippen MR) is 60.7 cm³/mol. The van der Waals surface area contributed by atoms with Gasteiger partial charge in [0.05, 0.1) is 5.92 Å². The van der Waals surface area contributed by atoms with E-state index in [1.165, 1.54) is 6.42 Å². The molecular weight excluding hydrogens is 206 g/mol. The molecule has 0 aliphatic carbocycles. The van der Waals surface area contributed by atoms with E-state index in [0.717, 1.165) is 45.6 Å². The summed E-state index contributed by atoms with van der Waals surface area (Å²) in [5, 5.41) is 10.8. The van der Waals surface area contributed by atoms with Crippen LogP contribution in [-0.4, -0.2) is 53.7 Å². The van der Waals surface area contributed by atoms with Crippen LogP contribution in [-0.2, 0) is 4.79 Å². The zero-order valence-electron chi connectivity index (χ0n) is 9.64. The van der Waals surface area contributed by atoms with Crippen molar-refractivity contribution in [1.29, 1.82) is 0 Å². The maximum absolute atomic E-state index is 10.8. The van der Waals surface area contributed by atoms with Crippen molar-refractivity contribution < 1.29 is 9.90 Å². The molecule has 5 nitrogen and oxygen atoms in total. The molecule has 92 valence electrons. The van der Waals surface area contributed by atoms with Gasteiger partial charge in [0.15, 0.2) is 0 Å². The van der Waals surface area contributed by atoms with Crippen LogP contribution in [0, 0.1) is 11.8 Å². The number of nitrogens with zero attached hydrogens (tertiary/aromatic N) is 2. The zero-order valence-corrected chi connectivity index (χ0v) is 9.64. The lowest BCUT2D eigenvalue weighted by Crippen LogP contribution is -2.39. The molecule has 2 aliphatic heterocycles. The minimum atomic E-state index is -0.631. The van der Waals surface area contributed by atoms with Gasteiger partial charge >= 0.3 is 5.97 Å². The van der Waals surface area contributed by atoms with E-state index in [4.69, 9.17) is 10.9 Å². The number of piperidine rings is 1. The van der Waals surface area contributed by atoms with Crippen molar-refractivity contribution in [2.24, 2.45) is 17.7 Å². The number of carboxylic acids is 1. The SMILES string of the molecule is NN1CCC(CN2CCC(C(=O)O)CC2)C1. The van der Waals surface area contributed by atoms with Crippen molar-refractivity contribution in [3.05, 3.63) is 0 Å². The fraction of sp³-hybridized carbons (Fsp3) is 0.909. The molecule has 0 aromatic rings. The number of hydrazine groups is 1. The molecule has 0 radical (unpaired) electrons. The average Bonchev–Trinajstić information content (AvgIpc) is 2.65. The van der Waals surface area contributed by atoms with Gasteiger partial charge in [-0.15, -0.1) is 0 Å². The Kier molecular flexibility index (Phi) is 3.78. The molecule has 2 heterocycles. The van der Waals surface area contributed by atoms with Gasteiger partial charge in [-0.25, -0.2) is 5.01 Å². The van der Waals surface area contributed by atoms with E-state index >= 15 is 0 Å². The normalized spacial score (nSPS) is 29.7. The second-order valence-corrected chi connectivity index (χ2v) is 5.06. The summed E-state index contributed by atoms with van der Waals surface area (Å²) in [6, 6.07) is 0. The van der Waals surface area contributed by atoms with Crippen molar-refractivity contribution in [2.75, 3.05) is 32.7 Å². The molecular formula is C11H21N3O2. The van der Waals surface area contributed by atoms with Crippen LogP contribution in [0.1, 0.15) is 19.3 Å². The Hall–Kier alpha value is -0.650. The number of nitrogens with two attached hydrogens (primary N) is 1. The van der Waals surface area contributed by atoms with Crippen molar-refractivity contribution in [3.63, 3.8) is 0 Å². The van der Waals surface area contributed by atoms with E-state index in [1.807, 2.05) is 5.01 Å². The van der Waals surface area contributed by atoms with Crippen LogP contribution in [0.15, 0.2) is 0 Å². The molecule has 2 saturated heterocycles. The Bertz CT molecular complexity index is 252. The number of likely N-dealkylation sites (tertiary alicyclic amines) is 1. The summed E-state index contributed by atoms with van der Waals surface area (Å²) in [6.07, 6.45) is 2.78. The van der Waals surface area contributed by atoms with E-state index in [1.54, 1.807) is 0 Å². The topological polar surface area (TPSA) is 69.8 Å². The largest absolute Gasteiger partial charge is 0.481 e. The minimum Gasteiger partial charge on any atom is -0.481 e. The molecule has 0 spiro atoms. The Morgan fingerprint density at radius 2 is 1.94 bits per heavy atom. The lowest BCUT2D eigenvalue weighted by Gasteiger charge is -2.31. The van der Waals surface area contributed by atoms with Crippen molar-refractivity contribution in [2.45, 2.75) is 19.3 Å². The summed E-state index contributed by atoms with van der Waals surface area (Å²) in [7, 11) is 0. The highest BCUT2D eigenvalue weighted by atomic mass is 16.4. The highest BCUT2D eigenvalue weighted by molar-refractivity contribution is 5.70. The first-order valence-corrected chi connectivity index (χ1v) is 6.10. The van der Waals surface area contributed by atoms with Gasteiger partial charge in [0.1, 0.15) is 0 Å². The maximum atomic E-state index is 10.8. The monoisotopic (exact) mass is 227 g/mol. The van der Waals surface area contributed by atoms with Crippen molar-refractivity contribution in [3.8, 4) is 0 Å². The van der Waals surface area contributed by atoms with Crippen molar-refractivity contribution >= 4 is 5.97 Å². The number of aliphatic carboxylic acids is 1. The fourth-order valence-corrected chi connectivity index (χ4v) is 2.74. The first-order valence-electron chi connectivity index (χ1n) is 6.10. The second kappa shape index (κ2) is 5.12. The highest BCUT2D eigenvalue weighted by Gasteiger charge is 2.27. The molecule has 16 heavy (non-hydrogen) atoms. The summed E-state index contributed by atoms with van der Waals surface area (Å²) < 4.78 is 0. The lowest BCUT2D eigenvalue weighted by molar-refractivity contribution is -0.143. The summed E-state index contributed by atoms with van der Waals surface area (Å²) in [4.78, 5) is 13.2. The third-order valence-electron chi connectivity index (χ3n) is 3.77. The molecule has 0 aromatic carbocycles. The van der Waals surface area contributed by atoms with E-state index in [9.17, 15) is 4.79 Å². The molecule has 1 unspecified atom stereocenters. The van der Waals surface area contributed by atoms with E-state index < -0.39 is 5.97 Å². The van der Waals surface area contributed by atoms with Gasteiger partial charge in [-0.2, -0.15) is 0 Å². The van der Waals surface area contributed by atoms with Crippen LogP contribution >= 0.6 is 0 Å². The summed E-state index contributed by atoms with van der Waals surface area (Å²) in [5.74, 6) is 5.65. The molecule has 5 heteroatoms. The molecule has 0 aromatic heterocycles. The Morgan fingerprint density at radius 1 is 1.25 bits per heavy atom. The van der Waals surface area contributed by atoms with E-state index in [2.05, 4.69) is 4.90 Å². The van der Waals surface area contributed by atoms with Crippen LogP contribution < -0.4 is 5.84 Å². The zero-order chi connectivity index (χ0) is 11.5. The van der Waals surface area contributed by atoms with Crippen molar-refractivity contribution in [1.82, 2.24) is 9.91 Å². The Balaban J connectivity index is 1.71. The standard InChI is InChI=1S/C11H21N3O2/c12-14-6-1-9(8-14)7-13-4-2-10(3-5-13)11(15)16/h9-10H,1-8,12H2,(H,15,16). The maximum Gasteiger partial charge on any atom is 0.306 e. The summed E-state index contributed by atoms with van der Waals surface area (Å²) >= 11 is 0. The highest BCUT2D eigenvalue weighted by Crippen LogP contribution is 2.20. The fourth-order valence-electron chi connectivity index (χ4n) is 2.74. The number of carbonyl (C=O) groups is 1.